The Morgan fingerprint density at radius 1 is 1.16 bits per heavy atom. The Balaban J connectivity index is 1.77. The van der Waals surface area contributed by atoms with Gasteiger partial charge in [0.05, 0.1) is 11.1 Å². The summed E-state index contributed by atoms with van der Waals surface area (Å²) < 4.78 is 19.5. The fourth-order valence-electron chi connectivity index (χ4n) is 2.26. The molecule has 0 unspecified atom stereocenters. The molecule has 0 saturated heterocycles. The van der Waals surface area contributed by atoms with Crippen molar-refractivity contribution in [2.75, 3.05) is 11.9 Å². The molecular weight excluding hydrogens is 385 g/mol. The number of carbonyl (C=O) groups excluding carboxylic acids is 1. The molecule has 2 aromatic rings. The van der Waals surface area contributed by atoms with Gasteiger partial charge < -0.3 is 10.1 Å². The molecule has 0 spiro atoms. The van der Waals surface area contributed by atoms with E-state index in [2.05, 4.69) is 54.2 Å². The topological polar surface area (TPSA) is 38.3 Å². The van der Waals surface area contributed by atoms with Gasteiger partial charge in [0.2, 0.25) is 5.91 Å². The van der Waals surface area contributed by atoms with E-state index in [0.29, 0.717) is 25.1 Å². The Kier molecular flexibility index (Phi) is 6.59. The van der Waals surface area contributed by atoms with Crippen LogP contribution >= 0.6 is 15.9 Å². The van der Waals surface area contributed by atoms with Crippen molar-refractivity contribution >= 4 is 27.5 Å². The zero-order chi connectivity index (χ0) is 18.4. The van der Waals surface area contributed by atoms with Crippen LogP contribution in [0.15, 0.2) is 46.9 Å². The average molecular weight is 408 g/mol. The molecule has 0 aliphatic rings. The Labute approximate surface area is 156 Å². The molecular formula is C20H23BrFNO2. The van der Waals surface area contributed by atoms with Crippen molar-refractivity contribution in [2.45, 2.75) is 39.0 Å². The molecule has 134 valence electrons. The van der Waals surface area contributed by atoms with Gasteiger partial charge in [0, 0.05) is 12.1 Å². The lowest BCUT2D eigenvalue weighted by atomic mass is 9.87. The van der Waals surface area contributed by atoms with Crippen LogP contribution in [-0.2, 0) is 10.2 Å². The Morgan fingerprint density at radius 2 is 1.84 bits per heavy atom. The lowest BCUT2D eigenvalue weighted by Crippen LogP contribution is -2.13. The zero-order valence-electron chi connectivity index (χ0n) is 14.7. The number of ether oxygens (including phenoxy) is 1. The number of benzene rings is 2. The molecule has 0 aliphatic carbocycles. The maximum absolute atomic E-state index is 12.8. The molecule has 2 rings (SSSR count). The van der Waals surface area contributed by atoms with Gasteiger partial charge >= 0.3 is 0 Å². The summed E-state index contributed by atoms with van der Waals surface area (Å²) in [5.41, 5.74) is 1.90. The number of carbonyl (C=O) groups is 1. The number of hydrogen-bond acceptors (Lipinski definition) is 2. The van der Waals surface area contributed by atoms with Crippen LogP contribution in [0.1, 0.15) is 39.2 Å². The van der Waals surface area contributed by atoms with Crippen molar-refractivity contribution in [3.8, 4) is 5.75 Å². The zero-order valence-corrected chi connectivity index (χ0v) is 16.3. The summed E-state index contributed by atoms with van der Waals surface area (Å²) in [5.74, 6) is 0.332. The summed E-state index contributed by atoms with van der Waals surface area (Å²) in [6, 6.07) is 11.8. The molecule has 1 amide bonds. The van der Waals surface area contributed by atoms with Crippen molar-refractivity contribution < 1.29 is 13.9 Å². The second-order valence-corrected chi connectivity index (χ2v) is 7.76. The third kappa shape index (κ3) is 6.16. The normalized spacial score (nSPS) is 11.2. The van der Waals surface area contributed by atoms with Gasteiger partial charge in [-0.05, 0) is 69.7 Å². The molecule has 25 heavy (non-hydrogen) atoms. The van der Waals surface area contributed by atoms with Crippen LogP contribution < -0.4 is 10.1 Å². The van der Waals surface area contributed by atoms with E-state index in [0.717, 1.165) is 10.2 Å². The van der Waals surface area contributed by atoms with Gasteiger partial charge in [-0.3, -0.25) is 4.79 Å². The molecule has 0 aromatic heterocycles. The number of rotatable bonds is 6. The Bertz CT molecular complexity index is 723. The number of amides is 1. The smallest absolute Gasteiger partial charge is 0.224 e. The molecule has 0 heterocycles. The molecule has 0 radical (unpaired) electrons. The first-order valence-corrected chi connectivity index (χ1v) is 9.03. The second-order valence-electron chi connectivity index (χ2n) is 6.90. The fraction of sp³-hybridized carbons (Fsp3) is 0.350. The van der Waals surface area contributed by atoms with E-state index in [4.69, 9.17) is 4.74 Å². The van der Waals surface area contributed by atoms with Gasteiger partial charge in [0.25, 0.3) is 0 Å². The van der Waals surface area contributed by atoms with Crippen molar-refractivity contribution in [3.63, 3.8) is 0 Å². The van der Waals surface area contributed by atoms with E-state index >= 15 is 0 Å². The van der Waals surface area contributed by atoms with Gasteiger partial charge in [0.1, 0.15) is 11.6 Å². The first-order valence-electron chi connectivity index (χ1n) is 8.24. The highest BCUT2D eigenvalue weighted by atomic mass is 79.9. The predicted molar refractivity (Wildman–Crippen MR) is 103 cm³/mol. The van der Waals surface area contributed by atoms with Gasteiger partial charge in [-0.25, -0.2) is 4.39 Å². The van der Waals surface area contributed by atoms with Gasteiger partial charge in [0.15, 0.2) is 0 Å². The molecule has 0 fully saturated rings. The van der Waals surface area contributed by atoms with Gasteiger partial charge in [-0.15, -0.1) is 0 Å². The third-order valence-electron chi connectivity index (χ3n) is 3.73. The first-order chi connectivity index (χ1) is 11.8. The Hall–Kier alpha value is -1.88. The van der Waals surface area contributed by atoms with Crippen LogP contribution in [0.3, 0.4) is 0 Å². The van der Waals surface area contributed by atoms with Crippen molar-refractivity contribution in [1.82, 2.24) is 0 Å². The third-order valence-corrected chi connectivity index (χ3v) is 4.35. The molecule has 0 aliphatic heterocycles. The van der Waals surface area contributed by atoms with Crippen molar-refractivity contribution in [1.29, 1.82) is 0 Å². The summed E-state index contributed by atoms with van der Waals surface area (Å²) in [6.45, 7) is 6.93. The van der Waals surface area contributed by atoms with E-state index in [1.54, 1.807) is 0 Å². The highest BCUT2D eigenvalue weighted by Gasteiger charge is 2.15. The molecule has 2 aromatic carbocycles. The van der Waals surface area contributed by atoms with Gasteiger partial charge in [-0.2, -0.15) is 0 Å². The van der Waals surface area contributed by atoms with Crippen molar-refractivity contribution in [2.24, 2.45) is 0 Å². The molecule has 0 saturated carbocycles. The average Bonchev–Trinajstić information content (AvgIpc) is 2.54. The number of anilines is 1. The number of nitrogens with one attached hydrogen (secondary N) is 1. The largest absolute Gasteiger partial charge is 0.492 e. The number of halogens is 2. The minimum Gasteiger partial charge on any atom is -0.492 e. The highest BCUT2D eigenvalue weighted by Crippen LogP contribution is 2.31. The minimum atomic E-state index is -0.325. The molecule has 0 bridgehead atoms. The maximum Gasteiger partial charge on any atom is 0.224 e. The van der Waals surface area contributed by atoms with E-state index < -0.39 is 0 Å². The number of hydrogen-bond donors (Lipinski definition) is 1. The van der Waals surface area contributed by atoms with Gasteiger partial charge in [-0.1, -0.05) is 26.8 Å². The quantitative estimate of drug-likeness (QED) is 0.625. The molecule has 0 atom stereocenters. The van der Waals surface area contributed by atoms with Crippen LogP contribution in [0.2, 0.25) is 0 Å². The van der Waals surface area contributed by atoms with E-state index in [1.807, 2.05) is 6.07 Å². The van der Waals surface area contributed by atoms with E-state index in [-0.39, 0.29) is 17.1 Å². The monoisotopic (exact) mass is 407 g/mol. The fourth-order valence-corrected chi connectivity index (χ4v) is 2.75. The van der Waals surface area contributed by atoms with Crippen LogP contribution in [0.4, 0.5) is 10.1 Å². The van der Waals surface area contributed by atoms with Crippen molar-refractivity contribution in [3.05, 3.63) is 58.3 Å². The SMILES string of the molecule is CC(C)(C)c1ccc(OCCCC(=O)Nc2ccc(F)cc2)c(Br)c1. The van der Waals surface area contributed by atoms with Crippen LogP contribution in [0.5, 0.6) is 5.75 Å². The summed E-state index contributed by atoms with van der Waals surface area (Å²) in [4.78, 5) is 11.9. The summed E-state index contributed by atoms with van der Waals surface area (Å²) in [7, 11) is 0. The Morgan fingerprint density at radius 3 is 2.44 bits per heavy atom. The lowest BCUT2D eigenvalue weighted by molar-refractivity contribution is -0.116. The van der Waals surface area contributed by atoms with Crippen LogP contribution in [0, 0.1) is 5.82 Å². The standard InChI is InChI=1S/C20H23BrFNO2/c1-20(2,3)14-6-11-18(17(21)13-14)25-12-4-5-19(24)23-16-9-7-15(22)8-10-16/h6-11,13H,4-5,12H2,1-3H3,(H,23,24). The highest BCUT2D eigenvalue weighted by molar-refractivity contribution is 9.10. The molecule has 3 nitrogen and oxygen atoms in total. The lowest BCUT2D eigenvalue weighted by Gasteiger charge is -2.20. The molecule has 1 N–H and O–H groups in total. The summed E-state index contributed by atoms with van der Waals surface area (Å²) in [5, 5.41) is 2.73. The maximum atomic E-state index is 12.8. The van der Waals surface area contributed by atoms with E-state index in [1.165, 1.54) is 29.8 Å². The molecule has 5 heteroatoms. The first kappa shape index (κ1) is 19.4. The van der Waals surface area contributed by atoms with Crippen LogP contribution in [-0.4, -0.2) is 12.5 Å². The minimum absolute atomic E-state index is 0.0828. The second kappa shape index (κ2) is 8.48. The van der Waals surface area contributed by atoms with E-state index in [9.17, 15) is 9.18 Å². The van der Waals surface area contributed by atoms with Crippen LogP contribution in [0.25, 0.3) is 0 Å². The summed E-state index contributed by atoms with van der Waals surface area (Å²) in [6.07, 6.45) is 0.940. The summed E-state index contributed by atoms with van der Waals surface area (Å²) >= 11 is 3.54. The predicted octanol–water partition coefficient (Wildman–Crippen LogP) is 5.68.